The standard InChI is InChI=1S/C9H10BrClN4O2/c10-5-3-6(7(11)15-4-5)8(16)13-1-2-14-9(12)17/h3-4H,1-2H2,(H,13,16)(H3,12,14,17). The van der Waals surface area contributed by atoms with Crippen molar-refractivity contribution in [3.63, 3.8) is 0 Å². The van der Waals surface area contributed by atoms with Gasteiger partial charge in [-0.2, -0.15) is 0 Å². The first-order valence-corrected chi connectivity index (χ1v) is 5.80. The van der Waals surface area contributed by atoms with Gasteiger partial charge in [0.05, 0.1) is 5.56 Å². The van der Waals surface area contributed by atoms with Crippen LogP contribution < -0.4 is 16.4 Å². The fourth-order valence-corrected chi connectivity index (χ4v) is 1.56. The average Bonchev–Trinajstić information content (AvgIpc) is 2.27. The molecule has 0 aliphatic heterocycles. The predicted octanol–water partition coefficient (Wildman–Crippen LogP) is 0.896. The van der Waals surface area contributed by atoms with Crippen molar-refractivity contribution in [1.82, 2.24) is 15.6 Å². The quantitative estimate of drug-likeness (QED) is 0.567. The molecule has 6 nitrogen and oxygen atoms in total. The fourth-order valence-electron chi connectivity index (χ4n) is 1.04. The summed E-state index contributed by atoms with van der Waals surface area (Å²) >= 11 is 8.96. The Hall–Kier alpha value is -1.34. The van der Waals surface area contributed by atoms with Crippen LogP contribution in [0.5, 0.6) is 0 Å². The number of carbonyl (C=O) groups is 2. The van der Waals surface area contributed by atoms with Gasteiger partial charge in [0.2, 0.25) is 0 Å². The molecule has 0 fully saturated rings. The molecule has 0 aliphatic carbocycles. The van der Waals surface area contributed by atoms with E-state index in [1.165, 1.54) is 6.20 Å². The summed E-state index contributed by atoms with van der Waals surface area (Å²) in [6.45, 7) is 0.505. The first-order chi connectivity index (χ1) is 8.00. The van der Waals surface area contributed by atoms with E-state index in [-0.39, 0.29) is 29.7 Å². The highest BCUT2D eigenvalue weighted by Gasteiger charge is 2.11. The Kier molecular flexibility index (Phi) is 5.17. The molecule has 1 heterocycles. The zero-order valence-corrected chi connectivity index (χ0v) is 11.0. The van der Waals surface area contributed by atoms with Crippen molar-refractivity contribution in [1.29, 1.82) is 0 Å². The minimum atomic E-state index is -0.638. The molecule has 0 unspecified atom stereocenters. The van der Waals surface area contributed by atoms with Gasteiger partial charge in [0, 0.05) is 23.8 Å². The molecule has 0 saturated heterocycles. The molecule has 1 rings (SSSR count). The number of halogens is 2. The minimum Gasteiger partial charge on any atom is -0.352 e. The second-order valence-electron chi connectivity index (χ2n) is 3.04. The first-order valence-electron chi connectivity index (χ1n) is 4.63. The van der Waals surface area contributed by atoms with E-state index in [0.29, 0.717) is 4.47 Å². The lowest BCUT2D eigenvalue weighted by Crippen LogP contribution is -2.37. The Morgan fingerprint density at radius 2 is 2.06 bits per heavy atom. The van der Waals surface area contributed by atoms with Gasteiger partial charge >= 0.3 is 6.03 Å². The molecule has 8 heteroatoms. The van der Waals surface area contributed by atoms with Crippen LogP contribution in [0.3, 0.4) is 0 Å². The van der Waals surface area contributed by atoms with Crippen LogP contribution in [-0.2, 0) is 0 Å². The van der Waals surface area contributed by atoms with Gasteiger partial charge in [0.15, 0.2) is 0 Å². The highest BCUT2D eigenvalue weighted by Crippen LogP contribution is 2.17. The monoisotopic (exact) mass is 320 g/mol. The zero-order chi connectivity index (χ0) is 12.8. The van der Waals surface area contributed by atoms with Gasteiger partial charge < -0.3 is 16.4 Å². The molecule has 3 amide bonds. The highest BCUT2D eigenvalue weighted by atomic mass is 79.9. The van der Waals surface area contributed by atoms with E-state index in [9.17, 15) is 9.59 Å². The summed E-state index contributed by atoms with van der Waals surface area (Å²) in [4.78, 5) is 25.9. The van der Waals surface area contributed by atoms with Crippen molar-refractivity contribution >= 4 is 39.5 Å². The van der Waals surface area contributed by atoms with Crippen LogP contribution in [0.4, 0.5) is 4.79 Å². The first kappa shape index (κ1) is 13.7. The molecular formula is C9H10BrClN4O2. The number of nitrogens with two attached hydrogens (primary N) is 1. The molecule has 4 N–H and O–H groups in total. The van der Waals surface area contributed by atoms with Crippen LogP contribution in [-0.4, -0.2) is 30.0 Å². The maximum Gasteiger partial charge on any atom is 0.312 e. The smallest absolute Gasteiger partial charge is 0.312 e. The average molecular weight is 322 g/mol. The van der Waals surface area contributed by atoms with Gasteiger partial charge in [-0.1, -0.05) is 11.6 Å². The third-order valence-corrected chi connectivity index (χ3v) is 2.49. The lowest BCUT2D eigenvalue weighted by molar-refractivity contribution is 0.0953. The number of hydrogen-bond acceptors (Lipinski definition) is 3. The van der Waals surface area contributed by atoms with Gasteiger partial charge in [-0.3, -0.25) is 4.79 Å². The maximum atomic E-state index is 11.7. The number of carbonyl (C=O) groups excluding carboxylic acids is 2. The molecule has 0 atom stereocenters. The molecule has 0 bridgehead atoms. The number of nitrogens with zero attached hydrogens (tertiary/aromatic N) is 1. The summed E-state index contributed by atoms with van der Waals surface area (Å²) in [6, 6.07) is 0.924. The number of amides is 3. The summed E-state index contributed by atoms with van der Waals surface area (Å²) in [5, 5.41) is 5.03. The van der Waals surface area contributed by atoms with Gasteiger partial charge in [-0.25, -0.2) is 9.78 Å². The lowest BCUT2D eigenvalue weighted by atomic mass is 10.2. The molecule has 1 aromatic rings. The van der Waals surface area contributed by atoms with Crippen molar-refractivity contribution in [2.24, 2.45) is 5.73 Å². The Labute approximate surface area is 111 Å². The van der Waals surface area contributed by atoms with Crippen molar-refractivity contribution in [3.05, 3.63) is 27.5 Å². The van der Waals surface area contributed by atoms with Crippen molar-refractivity contribution in [2.45, 2.75) is 0 Å². The van der Waals surface area contributed by atoms with Crippen LogP contribution in [0.25, 0.3) is 0 Å². The Morgan fingerprint density at radius 1 is 1.41 bits per heavy atom. The van der Waals surface area contributed by atoms with Gasteiger partial charge in [0.1, 0.15) is 5.15 Å². The molecule has 0 saturated carbocycles. The third-order valence-electron chi connectivity index (χ3n) is 1.76. The molecule has 0 radical (unpaired) electrons. The van der Waals surface area contributed by atoms with Gasteiger partial charge in [0.25, 0.3) is 5.91 Å². The van der Waals surface area contributed by atoms with E-state index in [1.54, 1.807) is 6.07 Å². The van der Waals surface area contributed by atoms with Crippen molar-refractivity contribution < 1.29 is 9.59 Å². The third kappa shape index (κ3) is 4.58. The summed E-state index contributed by atoms with van der Waals surface area (Å²) < 4.78 is 0.655. The van der Waals surface area contributed by atoms with E-state index in [0.717, 1.165) is 0 Å². The van der Waals surface area contributed by atoms with Gasteiger partial charge in [-0.15, -0.1) is 0 Å². The van der Waals surface area contributed by atoms with Crippen molar-refractivity contribution in [3.8, 4) is 0 Å². The van der Waals surface area contributed by atoms with E-state index < -0.39 is 6.03 Å². The number of rotatable bonds is 4. The molecule has 0 aromatic carbocycles. The Balaban J connectivity index is 2.52. The molecular weight excluding hydrogens is 311 g/mol. The predicted molar refractivity (Wildman–Crippen MR) is 66.9 cm³/mol. The number of hydrogen-bond donors (Lipinski definition) is 3. The Morgan fingerprint density at radius 3 is 2.71 bits per heavy atom. The topological polar surface area (TPSA) is 97.1 Å². The SMILES string of the molecule is NC(=O)NCCNC(=O)c1cc(Br)cnc1Cl. The Bertz CT molecular complexity index is 441. The molecule has 17 heavy (non-hydrogen) atoms. The fraction of sp³-hybridized carbons (Fsp3) is 0.222. The van der Waals surface area contributed by atoms with Crippen LogP contribution in [0.2, 0.25) is 5.15 Å². The summed E-state index contributed by atoms with van der Waals surface area (Å²) in [5.74, 6) is -0.366. The summed E-state index contributed by atoms with van der Waals surface area (Å²) in [7, 11) is 0. The number of pyridine rings is 1. The van der Waals surface area contributed by atoms with Crippen LogP contribution >= 0.6 is 27.5 Å². The van der Waals surface area contributed by atoms with E-state index in [4.69, 9.17) is 17.3 Å². The second kappa shape index (κ2) is 6.41. The summed E-state index contributed by atoms with van der Waals surface area (Å²) in [6.07, 6.45) is 1.49. The largest absolute Gasteiger partial charge is 0.352 e. The lowest BCUT2D eigenvalue weighted by Gasteiger charge is -2.06. The van der Waals surface area contributed by atoms with Crippen molar-refractivity contribution in [2.75, 3.05) is 13.1 Å². The van der Waals surface area contributed by atoms with E-state index >= 15 is 0 Å². The highest BCUT2D eigenvalue weighted by molar-refractivity contribution is 9.10. The number of urea groups is 1. The van der Waals surface area contributed by atoms with Crippen LogP contribution in [0, 0.1) is 0 Å². The van der Waals surface area contributed by atoms with Crippen LogP contribution in [0.15, 0.2) is 16.7 Å². The normalized spacial score (nSPS) is 9.76. The molecule has 1 aromatic heterocycles. The molecule has 0 aliphatic rings. The number of primary amides is 1. The number of aromatic nitrogens is 1. The second-order valence-corrected chi connectivity index (χ2v) is 4.31. The van der Waals surface area contributed by atoms with Gasteiger partial charge in [-0.05, 0) is 22.0 Å². The summed E-state index contributed by atoms with van der Waals surface area (Å²) in [5.41, 5.74) is 5.13. The maximum absolute atomic E-state index is 11.7. The molecule has 92 valence electrons. The van der Waals surface area contributed by atoms with E-state index in [1.807, 2.05) is 0 Å². The minimum absolute atomic E-state index is 0.119. The van der Waals surface area contributed by atoms with Crippen LogP contribution in [0.1, 0.15) is 10.4 Å². The molecule has 0 spiro atoms. The zero-order valence-electron chi connectivity index (χ0n) is 8.67. The van der Waals surface area contributed by atoms with E-state index in [2.05, 4.69) is 31.5 Å². The number of nitrogens with one attached hydrogen (secondary N) is 2.